The maximum Gasteiger partial charge on any atom is 0.325 e. The Bertz CT molecular complexity index is 1240. The zero-order valence-electron chi connectivity index (χ0n) is 22.3. The van der Waals surface area contributed by atoms with Gasteiger partial charge >= 0.3 is 12.0 Å². The van der Waals surface area contributed by atoms with E-state index < -0.39 is 17.9 Å². The molecule has 0 spiro atoms. The molecule has 0 saturated heterocycles. The zero-order chi connectivity index (χ0) is 27.2. The molecule has 0 aliphatic heterocycles. The van der Waals surface area contributed by atoms with Gasteiger partial charge in [-0.25, -0.2) is 9.48 Å². The molecule has 3 amide bonds. The number of hydrogen-bond acceptors (Lipinski definition) is 6. The number of esters is 1. The second-order valence-electron chi connectivity index (χ2n) is 9.81. The van der Waals surface area contributed by atoms with Gasteiger partial charge in [0.15, 0.2) is 0 Å². The van der Waals surface area contributed by atoms with Crippen molar-refractivity contribution in [1.82, 2.24) is 20.0 Å². The lowest BCUT2D eigenvalue weighted by atomic mass is 9.92. The number of carbonyl (C=O) groups is 3. The first-order valence-electron chi connectivity index (χ1n) is 12.2. The topological polar surface area (TPSA) is 119 Å². The van der Waals surface area contributed by atoms with Crippen LogP contribution in [0, 0.1) is 13.8 Å². The first-order chi connectivity index (χ1) is 17.5. The van der Waals surface area contributed by atoms with Crippen molar-refractivity contribution in [2.45, 2.75) is 53.5 Å². The van der Waals surface area contributed by atoms with Gasteiger partial charge in [-0.3, -0.25) is 9.59 Å². The average molecular weight is 510 g/mol. The Morgan fingerprint density at radius 1 is 1.14 bits per heavy atom. The molecular formula is C27H35N5O5. The Morgan fingerprint density at radius 3 is 2.51 bits per heavy atom. The lowest BCUT2D eigenvalue weighted by Gasteiger charge is -2.21. The summed E-state index contributed by atoms with van der Waals surface area (Å²) in [5, 5.41) is 10.2. The van der Waals surface area contributed by atoms with Gasteiger partial charge in [-0.05, 0) is 44.5 Å². The van der Waals surface area contributed by atoms with Crippen LogP contribution in [0.15, 0.2) is 47.1 Å². The monoisotopic (exact) mass is 509 g/mol. The molecule has 0 aliphatic carbocycles. The number of anilines is 1. The van der Waals surface area contributed by atoms with E-state index >= 15 is 0 Å². The van der Waals surface area contributed by atoms with Crippen LogP contribution >= 0.6 is 0 Å². The van der Waals surface area contributed by atoms with E-state index in [1.54, 1.807) is 23.7 Å². The Labute approximate surface area is 217 Å². The average Bonchev–Trinajstić information content (AvgIpc) is 3.47. The second kappa shape index (κ2) is 11.8. The van der Waals surface area contributed by atoms with Crippen LogP contribution in [-0.4, -0.2) is 52.3 Å². The predicted octanol–water partition coefficient (Wildman–Crippen LogP) is 4.09. The van der Waals surface area contributed by atoms with Gasteiger partial charge in [0.1, 0.15) is 24.7 Å². The Morgan fingerprint density at radius 2 is 1.89 bits per heavy atom. The molecule has 0 unspecified atom stereocenters. The number of aryl methyl sites for hydroxylation is 2. The van der Waals surface area contributed by atoms with E-state index in [9.17, 15) is 14.4 Å². The van der Waals surface area contributed by atoms with Crippen molar-refractivity contribution in [3.63, 3.8) is 0 Å². The molecule has 0 aliphatic rings. The van der Waals surface area contributed by atoms with Gasteiger partial charge in [-0.2, -0.15) is 5.10 Å². The van der Waals surface area contributed by atoms with Crippen molar-refractivity contribution < 1.29 is 23.5 Å². The third-order valence-corrected chi connectivity index (χ3v) is 5.56. The van der Waals surface area contributed by atoms with E-state index in [1.165, 1.54) is 11.2 Å². The summed E-state index contributed by atoms with van der Waals surface area (Å²) in [5.74, 6) is -0.00396. The summed E-state index contributed by atoms with van der Waals surface area (Å²) in [6.45, 7) is 11.5. The smallest absolute Gasteiger partial charge is 0.325 e. The summed E-state index contributed by atoms with van der Waals surface area (Å²) >= 11 is 0. The van der Waals surface area contributed by atoms with Gasteiger partial charge in [-0.1, -0.05) is 38.5 Å². The van der Waals surface area contributed by atoms with Gasteiger partial charge in [0.05, 0.1) is 30.8 Å². The second-order valence-corrected chi connectivity index (χ2v) is 9.81. The number of carbonyl (C=O) groups excluding carboxylic acids is 3. The Kier molecular flexibility index (Phi) is 8.75. The van der Waals surface area contributed by atoms with Crippen LogP contribution in [0.4, 0.5) is 10.6 Å². The van der Waals surface area contributed by atoms with Crippen molar-refractivity contribution in [3.05, 3.63) is 65.2 Å². The number of benzene rings is 1. The number of hydrogen-bond donors (Lipinski definition) is 2. The maximum atomic E-state index is 13.2. The number of amides is 3. The van der Waals surface area contributed by atoms with Crippen molar-refractivity contribution in [2.75, 3.05) is 25.0 Å². The molecule has 3 rings (SSSR count). The summed E-state index contributed by atoms with van der Waals surface area (Å²) < 4.78 is 11.9. The number of urea groups is 1. The third kappa shape index (κ3) is 7.45. The van der Waals surface area contributed by atoms with Crippen molar-refractivity contribution in [2.24, 2.45) is 0 Å². The maximum absolute atomic E-state index is 13.2. The van der Waals surface area contributed by atoms with E-state index in [0.29, 0.717) is 11.6 Å². The highest BCUT2D eigenvalue weighted by Gasteiger charge is 2.24. The molecule has 0 atom stereocenters. The highest BCUT2D eigenvalue weighted by Crippen LogP contribution is 2.27. The molecule has 10 nitrogen and oxygen atoms in total. The molecule has 1 aromatic carbocycles. The van der Waals surface area contributed by atoms with Crippen LogP contribution in [0.2, 0.25) is 0 Å². The standard InChI is InChI=1S/C27H35N5O5/c1-7-36-25(34)15-28-26(35)31(16-20-9-8-12-37-20)17-24(33)29-23-14-22(27(4,5)6)30-32(23)21-11-10-18(2)13-19(21)3/h8-14H,7,15-17H2,1-6H3,(H,28,35)(H,29,33). The minimum atomic E-state index is -0.599. The van der Waals surface area contributed by atoms with Crippen molar-refractivity contribution in [3.8, 4) is 5.69 Å². The van der Waals surface area contributed by atoms with Crippen LogP contribution in [0.3, 0.4) is 0 Å². The summed E-state index contributed by atoms with van der Waals surface area (Å²) in [6.07, 6.45) is 1.49. The summed E-state index contributed by atoms with van der Waals surface area (Å²) in [6, 6.07) is 10.7. The zero-order valence-corrected chi connectivity index (χ0v) is 22.3. The Hall–Kier alpha value is -4.08. The predicted molar refractivity (Wildman–Crippen MR) is 140 cm³/mol. The number of rotatable bonds is 9. The van der Waals surface area contributed by atoms with Gasteiger partial charge in [0.2, 0.25) is 5.91 Å². The summed E-state index contributed by atoms with van der Waals surface area (Å²) in [5.41, 5.74) is 3.54. The number of ether oxygens (including phenoxy) is 1. The lowest BCUT2D eigenvalue weighted by molar-refractivity contribution is -0.141. The fourth-order valence-corrected chi connectivity index (χ4v) is 3.68. The number of furan rings is 1. The molecule has 0 radical (unpaired) electrons. The number of nitrogens with zero attached hydrogens (tertiary/aromatic N) is 3. The van der Waals surface area contributed by atoms with Crippen molar-refractivity contribution in [1.29, 1.82) is 0 Å². The highest BCUT2D eigenvalue weighted by atomic mass is 16.5. The Balaban J connectivity index is 1.83. The SMILES string of the molecule is CCOC(=O)CNC(=O)N(CC(=O)Nc1cc(C(C)(C)C)nn1-c1ccc(C)cc1C)Cc1ccco1. The molecule has 37 heavy (non-hydrogen) atoms. The normalized spacial score (nSPS) is 11.2. The molecule has 0 fully saturated rings. The minimum absolute atomic E-state index is 0.0403. The summed E-state index contributed by atoms with van der Waals surface area (Å²) in [7, 11) is 0. The van der Waals surface area contributed by atoms with Gasteiger partial charge in [-0.15, -0.1) is 0 Å². The fraction of sp³-hybridized carbons (Fsp3) is 0.407. The summed E-state index contributed by atoms with van der Waals surface area (Å²) in [4.78, 5) is 39.0. The van der Waals surface area contributed by atoms with Crippen LogP contribution in [0.1, 0.15) is 50.3 Å². The quantitative estimate of drug-likeness (QED) is 0.420. The largest absolute Gasteiger partial charge is 0.467 e. The number of aromatic nitrogens is 2. The molecule has 198 valence electrons. The van der Waals surface area contributed by atoms with Gasteiger partial charge in [0.25, 0.3) is 0 Å². The van der Waals surface area contributed by atoms with E-state index in [-0.39, 0.29) is 31.7 Å². The first-order valence-corrected chi connectivity index (χ1v) is 12.2. The van der Waals surface area contributed by atoms with Crippen molar-refractivity contribution >= 4 is 23.7 Å². The third-order valence-electron chi connectivity index (χ3n) is 5.56. The lowest BCUT2D eigenvalue weighted by Crippen LogP contribution is -2.45. The molecule has 10 heteroatoms. The van der Waals surface area contributed by atoms with Crippen LogP contribution < -0.4 is 10.6 Å². The van der Waals surface area contributed by atoms with E-state index in [2.05, 4.69) is 16.7 Å². The van der Waals surface area contributed by atoms with Crippen LogP contribution in [0.25, 0.3) is 5.69 Å². The van der Waals surface area contributed by atoms with Gasteiger partial charge in [0, 0.05) is 11.5 Å². The van der Waals surface area contributed by atoms with E-state index in [1.807, 2.05) is 52.8 Å². The van der Waals surface area contributed by atoms with Crippen LogP contribution in [0.5, 0.6) is 0 Å². The molecule has 2 heterocycles. The molecule has 2 aromatic heterocycles. The van der Waals surface area contributed by atoms with E-state index in [0.717, 1.165) is 22.5 Å². The highest BCUT2D eigenvalue weighted by molar-refractivity contribution is 5.94. The van der Waals surface area contributed by atoms with Gasteiger partial charge < -0.3 is 24.7 Å². The fourth-order valence-electron chi connectivity index (χ4n) is 3.68. The minimum Gasteiger partial charge on any atom is -0.467 e. The molecule has 0 bridgehead atoms. The van der Waals surface area contributed by atoms with Crippen LogP contribution in [-0.2, 0) is 26.3 Å². The van der Waals surface area contributed by atoms with E-state index in [4.69, 9.17) is 14.3 Å². The molecule has 0 saturated carbocycles. The molecule has 2 N–H and O–H groups in total. The molecular weight excluding hydrogens is 474 g/mol. The number of nitrogens with one attached hydrogen (secondary N) is 2. The first kappa shape index (κ1) is 27.5. The molecule has 3 aromatic rings.